The molecule has 19 heavy (non-hydrogen) atoms. The van der Waals surface area contributed by atoms with Crippen LogP contribution in [0.3, 0.4) is 0 Å². The van der Waals surface area contributed by atoms with Crippen molar-refractivity contribution in [1.29, 1.82) is 0 Å². The summed E-state index contributed by atoms with van der Waals surface area (Å²) >= 11 is 0. The van der Waals surface area contributed by atoms with Crippen LogP contribution >= 0.6 is 0 Å². The molecule has 0 spiro atoms. The molecule has 1 saturated heterocycles. The van der Waals surface area contributed by atoms with Gasteiger partial charge in [0.2, 0.25) is 0 Å². The largest absolute Gasteiger partial charge is 0.373 e. The van der Waals surface area contributed by atoms with Gasteiger partial charge >= 0.3 is 0 Å². The molecule has 0 aromatic carbocycles. The van der Waals surface area contributed by atoms with E-state index in [9.17, 15) is 4.79 Å². The van der Waals surface area contributed by atoms with Crippen LogP contribution in [0.2, 0.25) is 0 Å². The SMILES string of the molecule is Cc1cc(C)c(C(N)=O)c(N2CCOC(CN)C2)n1. The van der Waals surface area contributed by atoms with Crippen LogP contribution in [0.5, 0.6) is 0 Å². The summed E-state index contributed by atoms with van der Waals surface area (Å²) in [6.45, 7) is 6.13. The fourth-order valence-corrected chi connectivity index (χ4v) is 2.40. The molecule has 104 valence electrons. The molecule has 0 aliphatic carbocycles. The summed E-state index contributed by atoms with van der Waals surface area (Å²) in [4.78, 5) is 18.2. The van der Waals surface area contributed by atoms with Gasteiger partial charge in [-0.2, -0.15) is 0 Å². The molecule has 1 fully saturated rings. The second-order valence-electron chi connectivity index (χ2n) is 4.82. The summed E-state index contributed by atoms with van der Waals surface area (Å²) in [5, 5.41) is 0. The number of hydrogen-bond acceptors (Lipinski definition) is 5. The molecule has 1 atom stereocenters. The van der Waals surface area contributed by atoms with Crippen LogP contribution in [-0.4, -0.2) is 43.2 Å². The number of nitrogens with two attached hydrogens (primary N) is 2. The third kappa shape index (κ3) is 2.85. The second kappa shape index (κ2) is 5.54. The molecule has 6 nitrogen and oxygen atoms in total. The smallest absolute Gasteiger partial charge is 0.252 e. The molecular formula is C13H20N4O2. The van der Waals surface area contributed by atoms with Gasteiger partial charge in [0.15, 0.2) is 0 Å². The summed E-state index contributed by atoms with van der Waals surface area (Å²) < 4.78 is 5.53. The highest BCUT2D eigenvalue weighted by molar-refractivity contribution is 5.99. The van der Waals surface area contributed by atoms with Crippen LogP contribution in [0.1, 0.15) is 21.6 Å². The number of anilines is 1. The Morgan fingerprint density at radius 2 is 2.32 bits per heavy atom. The highest BCUT2D eigenvalue weighted by Gasteiger charge is 2.25. The lowest BCUT2D eigenvalue weighted by atomic mass is 10.1. The van der Waals surface area contributed by atoms with Gasteiger partial charge in [-0.1, -0.05) is 0 Å². The van der Waals surface area contributed by atoms with Gasteiger partial charge in [-0.3, -0.25) is 4.79 Å². The van der Waals surface area contributed by atoms with E-state index in [2.05, 4.69) is 4.98 Å². The predicted octanol–water partition coefficient (Wildman–Crippen LogP) is -0.0388. The zero-order chi connectivity index (χ0) is 14.0. The summed E-state index contributed by atoms with van der Waals surface area (Å²) in [7, 11) is 0. The molecule has 1 aromatic heterocycles. The van der Waals surface area contributed by atoms with Gasteiger partial charge in [-0.15, -0.1) is 0 Å². The summed E-state index contributed by atoms with van der Waals surface area (Å²) in [5.74, 6) is 0.197. The van der Waals surface area contributed by atoms with E-state index in [-0.39, 0.29) is 6.10 Å². The molecule has 2 rings (SSSR count). The van der Waals surface area contributed by atoms with Crippen LogP contribution in [0.4, 0.5) is 5.82 Å². The van der Waals surface area contributed by atoms with Crippen molar-refractivity contribution in [2.24, 2.45) is 11.5 Å². The van der Waals surface area contributed by atoms with Crippen molar-refractivity contribution in [2.45, 2.75) is 20.0 Å². The summed E-state index contributed by atoms with van der Waals surface area (Å²) in [6.07, 6.45) is -0.0305. The number of pyridine rings is 1. The molecular weight excluding hydrogens is 244 g/mol. The maximum Gasteiger partial charge on any atom is 0.252 e. The first-order valence-corrected chi connectivity index (χ1v) is 6.37. The number of carbonyl (C=O) groups is 1. The van der Waals surface area contributed by atoms with E-state index in [4.69, 9.17) is 16.2 Å². The van der Waals surface area contributed by atoms with E-state index in [0.29, 0.717) is 37.6 Å². The number of hydrogen-bond donors (Lipinski definition) is 2. The zero-order valence-electron chi connectivity index (χ0n) is 11.3. The number of primary amides is 1. The molecule has 0 bridgehead atoms. The third-order valence-electron chi connectivity index (χ3n) is 3.27. The lowest BCUT2D eigenvalue weighted by molar-refractivity contribution is 0.0462. The third-order valence-corrected chi connectivity index (χ3v) is 3.27. The number of carbonyl (C=O) groups excluding carboxylic acids is 1. The van der Waals surface area contributed by atoms with E-state index < -0.39 is 5.91 Å². The quantitative estimate of drug-likeness (QED) is 0.799. The molecule has 1 aromatic rings. The van der Waals surface area contributed by atoms with Crippen molar-refractivity contribution >= 4 is 11.7 Å². The molecule has 2 heterocycles. The summed E-state index contributed by atoms with van der Waals surface area (Å²) in [6, 6.07) is 1.87. The van der Waals surface area contributed by atoms with Gasteiger partial charge in [-0.25, -0.2) is 4.98 Å². The second-order valence-corrected chi connectivity index (χ2v) is 4.82. The number of amides is 1. The van der Waals surface area contributed by atoms with Crippen molar-refractivity contribution in [3.05, 3.63) is 22.9 Å². The lowest BCUT2D eigenvalue weighted by Crippen LogP contribution is -2.46. The molecule has 4 N–H and O–H groups in total. The van der Waals surface area contributed by atoms with Gasteiger partial charge < -0.3 is 21.1 Å². The molecule has 1 aliphatic heterocycles. The highest BCUT2D eigenvalue weighted by Crippen LogP contribution is 2.24. The summed E-state index contributed by atoms with van der Waals surface area (Å²) in [5.41, 5.74) is 13.3. The van der Waals surface area contributed by atoms with Crippen LogP contribution in [0.15, 0.2) is 6.07 Å². The van der Waals surface area contributed by atoms with Crippen molar-refractivity contribution in [3.8, 4) is 0 Å². The fourth-order valence-electron chi connectivity index (χ4n) is 2.40. The van der Waals surface area contributed by atoms with Crippen LogP contribution in [-0.2, 0) is 4.74 Å². The van der Waals surface area contributed by atoms with Gasteiger partial charge in [-0.05, 0) is 25.5 Å². The number of ether oxygens (including phenoxy) is 1. The Balaban J connectivity index is 2.40. The minimum absolute atomic E-state index is 0.0305. The average molecular weight is 264 g/mol. The first-order chi connectivity index (χ1) is 9.02. The maximum absolute atomic E-state index is 11.6. The van der Waals surface area contributed by atoms with Gasteiger partial charge in [0, 0.05) is 25.3 Å². The Hall–Kier alpha value is -1.66. The Labute approximate surface area is 112 Å². The van der Waals surface area contributed by atoms with Crippen LogP contribution in [0, 0.1) is 13.8 Å². The van der Waals surface area contributed by atoms with Crippen molar-refractivity contribution < 1.29 is 9.53 Å². The number of aromatic nitrogens is 1. The Bertz CT molecular complexity index is 490. The predicted molar refractivity (Wildman–Crippen MR) is 73.2 cm³/mol. The van der Waals surface area contributed by atoms with Gasteiger partial charge in [0.25, 0.3) is 5.91 Å². The molecule has 0 radical (unpaired) electrons. The maximum atomic E-state index is 11.6. The Morgan fingerprint density at radius 3 is 2.95 bits per heavy atom. The molecule has 6 heteroatoms. The minimum Gasteiger partial charge on any atom is -0.373 e. The first kappa shape index (κ1) is 13.8. The first-order valence-electron chi connectivity index (χ1n) is 6.37. The van der Waals surface area contributed by atoms with E-state index in [1.54, 1.807) is 0 Å². The number of nitrogens with zero attached hydrogens (tertiary/aromatic N) is 2. The van der Waals surface area contributed by atoms with Crippen molar-refractivity contribution in [2.75, 3.05) is 31.1 Å². The highest BCUT2D eigenvalue weighted by atomic mass is 16.5. The average Bonchev–Trinajstić information content (AvgIpc) is 2.37. The van der Waals surface area contributed by atoms with E-state index in [1.165, 1.54) is 0 Å². The Morgan fingerprint density at radius 1 is 1.58 bits per heavy atom. The monoisotopic (exact) mass is 264 g/mol. The molecule has 1 aliphatic rings. The molecule has 1 unspecified atom stereocenters. The molecule has 0 saturated carbocycles. The zero-order valence-corrected chi connectivity index (χ0v) is 11.3. The van der Waals surface area contributed by atoms with Crippen molar-refractivity contribution in [1.82, 2.24) is 4.98 Å². The molecule has 1 amide bonds. The number of aryl methyl sites for hydroxylation is 2. The van der Waals surface area contributed by atoms with E-state index >= 15 is 0 Å². The topological polar surface area (TPSA) is 94.5 Å². The van der Waals surface area contributed by atoms with Crippen LogP contribution < -0.4 is 16.4 Å². The Kier molecular flexibility index (Phi) is 4.01. The standard InChI is InChI=1S/C13H20N4O2/c1-8-5-9(2)16-13(11(8)12(15)18)17-3-4-19-10(6-14)7-17/h5,10H,3-4,6-7,14H2,1-2H3,(H2,15,18). The van der Waals surface area contributed by atoms with E-state index in [0.717, 1.165) is 11.3 Å². The van der Waals surface area contributed by atoms with Gasteiger partial charge in [0.1, 0.15) is 5.82 Å². The lowest BCUT2D eigenvalue weighted by Gasteiger charge is -2.34. The van der Waals surface area contributed by atoms with E-state index in [1.807, 2.05) is 24.8 Å². The van der Waals surface area contributed by atoms with Crippen LogP contribution in [0.25, 0.3) is 0 Å². The van der Waals surface area contributed by atoms with Gasteiger partial charge in [0.05, 0.1) is 18.3 Å². The van der Waals surface area contributed by atoms with Crippen molar-refractivity contribution in [3.63, 3.8) is 0 Å². The number of morpholine rings is 1. The number of rotatable bonds is 3. The fraction of sp³-hybridized carbons (Fsp3) is 0.538. The normalized spacial score (nSPS) is 19.5. The minimum atomic E-state index is -0.448.